The van der Waals surface area contributed by atoms with Crippen LogP contribution >= 0.6 is 11.3 Å². The Morgan fingerprint density at radius 2 is 1.84 bits per heavy atom. The van der Waals surface area contributed by atoms with Crippen LogP contribution in [0.3, 0.4) is 0 Å². The molecule has 0 saturated carbocycles. The number of benzene rings is 1. The second kappa shape index (κ2) is 11.6. The highest BCUT2D eigenvalue weighted by Crippen LogP contribution is 2.31. The molecule has 5 rings (SSSR count). The Labute approximate surface area is 224 Å². The zero-order valence-corrected chi connectivity index (χ0v) is 22.2. The predicted octanol–water partition coefficient (Wildman–Crippen LogP) is 2.77. The second-order valence-corrected chi connectivity index (χ2v) is 10.6. The number of ketones is 2. The number of hydrogen-bond acceptors (Lipinski definition) is 10. The van der Waals surface area contributed by atoms with Gasteiger partial charge in [-0.05, 0) is 41.8 Å². The van der Waals surface area contributed by atoms with Gasteiger partial charge in [0.15, 0.2) is 5.82 Å². The molecule has 4 aromatic rings. The molecule has 1 aliphatic heterocycles. The van der Waals surface area contributed by atoms with Crippen LogP contribution in [0.15, 0.2) is 48.8 Å². The molecule has 1 unspecified atom stereocenters. The van der Waals surface area contributed by atoms with Gasteiger partial charge in [-0.3, -0.25) is 14.3 Å². The van der Waals surface area contributed by atoms with E-state index in [-0.39, 0.29) is 30.3 Å². The average molecular weight is 532 g/mol. The molecule has 10 nitrogen and oxygen atoms in total. The van der Waals surface area contributed by atoms with E-state index in [2.05, 4.69) is 30.4 Å². The molecule has 196 valence electrons. The van der Waals surface area contributed by atoms with Crippen LogP contribution in [0, 0.1) is 0 Å². The first-order valence-corrected chi connectivity index (χ1v) is 13.3. The van der Waals surface area contributed by atoms with Gasteiger partial charge in [0.25, 0.3) is 0 Å². The molecule has 0 N–H and O–H groups in total. The van der Waals surface area contributed by atoms with Gasteiger partial charge in [-0.25, -0.2) is 0 Å². The standard InChI is InChI=1S/C27H29N7O3S/c1-33-16-19(15-28-33)11-23(36)14-26-31-32-27(38-26)20-8-9-34(17-20)25-7-6-21(29-30-25)13-22(35)10-18-4-3-5-24(12-18)37-2/h3-7,12,15-16,20H,8-11,13-14,17H2,1-2H3. The van der Waals surface area contributed by atoms with E-state index in [9.17, 15) is 9.59 Å². The van der Waals surface area contributed by atoms with Crippen molar-refractivity contribution < 1.29 is 14.3 Å². The van der Waals surface area contributed by atoms with Gasteiger partial charge in [0, 0.05) is 45.1 Å². The number of rotatable bonds is 11. The Bertz CT molecular complexity index is 1420. The van der Waals surface area contributed by atoms with Crippen LogP contribution in [-0.2, 0) is 42.3 Å². The molecular formula is C27H29N7O3S. The molecule has 3 aromatic heterocycles. The maximum atomic E-state index is 12.5. The summed E-state index contributed by atoms with van der Waals surface area (Å²) in [6.07, 6.45) is 5.69. The lowest BCUT2D eigenvalue weighted by atomic mass is 10.1. The summed E-state index contributed by atoms with van der Waals surface area (Å²) in [5.41, 5.74) is 2.48. The van der Waals surface area contributed by atoms with E-state index in [1.807, 2.05) is 49.6 Å². The van der Waals surface area contributed by atoms with Crippen LogP contribution in [0.1, 0.15) is 39.2 Å². The highest BCUT2D eigenvalue weighted by molar-refractivity contribution is 7.11. The third kappa shape index (κ3) is 6.46. The van der Waals surface area contributed by atoms with E-state index in [0.29, 0.717) is 18.5 Å². The summed E-state index contributed by atoms with van der Waals surface area (Å²) in [6.45, 7) is 1.60. The first-order valence-electron chi connectivity index (χ1n) is 12.5. The number of aryl methyl sites for hydroxylation is 1. The molecule has 1 saturated heterocycles. The minimum atomic E-state index is 0.0764. The highest BCUT2D eigenvalue weighted by Gasteiger charge is 2.28. The molecule has 4 heterocycles. The third-order valence-electron chi connectivity index (χ3n) is 6.47. The van der Waals surface area contributed by atoms with Crippen LogP contribution in [0.4, 0.5) is 5.82 Å². The fourth-order valence-corrected chi connectivity index (χ4v) is 5.58. The van der Waals surface area contributed by atoms with E-state index in [4.69, 9.17) is 4.74 Å². The molecule has 38 heavy (non-hydrogen) atoms. The first-order chi connectivity index (χ1) is 18.4. The maximum absolute atomic E-state index is 12.5. The number of hydrogen-bond donors (Lipinski definition) is 0. The van der Waals surface area contributed by atoms with Crippen LogP contribution < -0.4 is 9.64 Å². The second-order valence-electron chi connectivity index (χ2n) is 9.51. The van der Waals surface area contributed by atoms with Gasteiger partial charge in [0.2, 0.25) is 0 Å². The van der Waals surface area contributed by atoms with Gasteiger partial charge in [-0.1, -0.05) is 12.1 Å². The van der Waals surface area contributed by atoms with Crippen molar-refractivity contribution in [2.75, 3.05) is 25.1 Å². The minimum Gasteiger partial charge on any atom is -0.497 e. The summed E-state index contributed by atoms with van der Waals surface area (Å²) in [5.74, 6) is 1.94. The number of nitrogens with zero attached hydrogens (tertiary/aromatic N) is 7. The molecule has 1 atom stereocenters. The van der Waals surface area contributed by atoms with Crippen molar-refractivity contribution in [3.05, 3.63) is 75.6 Å². The molecule has 0 bridgehead atoms. The summed E-state index contributed by atoms with van der Waals surface area (Å²) in [6, 6.07) is 11.3. The molecule has 1 aliphatic rings. The van der Waals surface area contributed by atoms with Gasteiger partial charge in [-0.2, -0.15) is 10.2 Å². The number of carbonyl (C=O) groups is 2. The lowest BCUT2D eigenvalue weighted by molar-refractivity contribution is -0.118. The highest BCUT2D eigenvalue weighted by atomic mass is 32.1. The number of carbonyl (C=O) groups excluding carboxylic acids is 2. The lowest BCUT2D eigenvalue weighted by Gasteiger charge is -2.16. The molecule has 0 radical (unpaired) electrons. The molecule has 11 heteroatoms. The van der Waals surface area contributed by atoms with Crippen LogP contribution in [0.5, 0.6) is 5.75 Å². The smallest absolute Gasteiger partial charge is 0.151 e. The number of Topliss-reactive ketones (excluding diaryl/α,β-unsaturated/α-hetero) is 2. The summed E-state index contributed by atoms with van der Waals surface area (Å²) in [4.78, 5) is 27.1. The van der Waals surface area contributed by atoms with E-state index in [1.165, 1.54) is 11.3 Å². The van der Waals surface area contributed by atoms with Gasteiger partial charge in [0.05, 0.1) is 31.8 Å². The third-order valence-corrected chi connectivity index (χ3v) is 7.56. The van der Waals surface area contributed by atoms with Crippen molar-refractivity contribution in [2.24, 2.45) is 7.05 Å². The summed E-state index contributed by atoms with van der Waals surface area (Å²) >= 11 is 1.51. The number of methoxy groups -OCH3 is 1. The van der Waals surface area contributed by atoms with Crippen LogP contribution in [-0.4, -0.2) is 61.9 Å². The van der Waals surface area contributed by atoms with E-state index in [0.717, 1.165) is 52.2 Å². The Balaban J connectivity index is 1.12. The Morgan fingerprint density at radius 1 is 1.00 bits per heavy atom. The van der Waals surface area contributed by atoms with Gasteiger partial charge in [0.1, 0.15) is 27.3 Å². The van der Waals surface area contributed by atoms with Crippen molar-refractivity contribution in [3.8, 4) is 5.75 Å². The fraction of sp³-hybridized carbons (Fsp3) is 0.370. The largest absolute Gasteiger partial charge is 0.497 e. The van der Waals surface area contributed by atoms with Crippen molar-refractivity contribution in [3.63, 3.8) is 0 Å². The Kier molecular flexibility index (Phi) is 7.83. The first kappa shape index (κ1) is 25.7. The molecule has 1 fully saturated rings. The predicted molar refractivity (Wildman–Crippen MR) is 143 cm³/mol. The van der Waals surface area contributed by atoms with E-state index in [1.54, 1.807) is 18.0 Å². The molecular weight excluding hydrogens is 502 g/mol. The average Bonchev–Trinajstić information content (AvgIpc) is 3.66. The van der Waals surface area contributed by atoms with Gasteiger partial charge >= 0.3 is 0 Å². The number of anilines is 1. The summed E-state index contributed by atoms with van der Waals surface area (Å²) < 4.78 is 6.92. The number of aromatic nitrogens is 6. The molecule has 0 aliphatic carbocycles. The zero-order valence-electron chi connectivity index (χ0n) is 21.4. The maximum Gasteiger partial charge on any atom is 0.151 e. The van der Waals surface area contributed by atoms with Crippen molar-refractivity contribution in [1.29, 1.82) is 0 Å². The van der Waals surface area contributed by atoms with Crippen molar-refractivity contribution >= 4 is 28.7 Å². The summed E-state index contributed by atoms with van der Waals surface area (Å²) in [5, 5.41) is 23.1. The SMILES string of the molecule is COc1cccc(CC(=O)Cc2ccc(N3CCC(c4nnc(CC(=O)Cc5cnn(C)c5)s4)C3)nn2)c1. The zero-order chi connectivity index (χ0) is 26.5. The topological polar surface area (TPSA) is 116 Å². The quantitative estimate of drug-likeness (QED) is 0.288. The molecule has 1 aromatic carbocycles. The number of ether oxygens (including phenoxy) is 1. The van der Waals surface area contributed by atoms with Gasteiger partial charge < -0.3 is 9.64 Å². The minimum absolute atomic E-state index is 0.0764. The van der Waals surface area contributed by atoms with E-state index >= 15 is 0 Å². The van der Waals surface area contributed by atoms with Crippen LogP contribution in [0.2, 0.25) is 0 Å². The monoisotopic (exact) mass is 531 g/mol. The van der Waals surface area contributed by atoms with Crippen molar-refractivity contribution in [1.82, 2.24) is 30.2 Å². The lowest BCUT2D eigenvalue weighted by Crippen LogP contribution is -2.21. The Morgan fingerprint density at radius 3 is 2.61 bits per heavy atom. The normalized spacial score (nSPS) is 15.1. The molecule has 0 amide bonds. The van der Waals surface area contributed by atoms with Gasteiger partial charge in [-0.15, -0.1) is 26.6 Å². The van der Waals surface area contributed by atoms with Crippen LogP contribution in [0.25, 0.3) is 0 Å². The fourth-order valence-electron chi connectivity index (χ4n) is 4.59. The Hall–Kier alpha value is -3.99. The van der Waals surface area contributed by atoms with E-state index < -0.39 is 0 Å². The summed E-state index contributed by atoms with van der Waals surface area (Å²) in [7, 11) is 3.45. The molecule has 0 spiro atoms. The van der Waals surface area contributed by atoms with Crippen molar-refractivity contribution in [2.45, 2.75) is 38.0 Å².